The average Bonchev–Trinajstić information content (AvgIpc) is 2.87. The molecule has 0 bridgehead atoms. The quantitative estimate of drug-likeness (QED) is 0.891. The molecule has 0 saturated carbocycles. The zero-order chi connectivity index (χ0) is 13.9. The van der Waals surface area contributed by atoms with E-state index in [1.807, 2.05) is 12.1 Å². The Morgan fingerprint density at radius 1 is 1.15 bits per heavy atom. The minimum atomic E-state index is 0.110. The molecule has 20 heavy (non-hydrogen) atoms. The molecule has 0 fully saturated rings. The summed E-state index contributed by atoms with van der Waals surface area (Å²) >= 11 is 0. The Morgan fingerprint density at radius 2 is 2.00 bits per heavy atom. The van der Waals surface area contributed by atoms with E-state index in [4.69, 9.17) is 0 Å². The predicted molar refractivity (Wildman–Crippen MR) is 81.4 cm³/mol. The number of aryl methyl sites for hydroxylation is 2. The maximum Gasteiger partial charge on any atom is 0.0681 e. The lowest BCUT2D eigenvalue weighted by Gasteiger charge is -2.15. The second kappa shape index (κ2) is 5.78. The number of fused-ring (bicyclic) bond motifs is 1. The van der Waals surface area contributed by atoms with E-state index in [1.54, 1.807) is 0 Å². The van der Waals surface area contributed by atoms with Gasteiger partial charge in [-0.1, -0.05) is 48.0 Å². The van der Waals surface area contributed by atoms with Crippen LogP contribution in [0.4, 0.5) is 0 Å². The van der Waals surface area contributed by atoms with Gasteiger partial charge < -0.3 is 10.4 Å². The Balaban J connectivity index is 1.70. The smallest absolute Gasteiger partial charge is 0.0681 e. The van der Waals surface area contributed by atoms with Crippen LogP contribution in [-0.2, 0) is 19.6 Å². The van der Waals surface area contributed by atoms with Crippen molar-refractivity contribution in [2.45, 2.75) is 39.0 Å². The van der Waals surface area contributed by atoms with Gasteiger partial charge in [-0.05, 0) is 42.0 Å². The molecule has 0 aromatic heterocycles. The van der Waals surface area contributed by atoms with Gasteiger partial charge in [-0.3, -0.25) is 0 Å². The minimum absolute atomic E-state index is 0.110. The Kier molecular flexibility index (Phi) is 3.86. The van der Waals surface area contributed by atoms with Crippen LogP contribution >= 0.6 is 0 Å². The van der Waals surface area contributed by atoms with E-state index in [1.165, 1.54) is 35.1 Å². The molecule has 2 N–H and O–H groups in total. The maximum atomic E-state index is 9.18. The van der Waals surface area contributed by atoms with E-state index in [0.717, 1.165) is 12.1 Å². The van der Waals surface area contributed by atoms with E-state index in [2.05, 4.69) is 42.6 Å². The van der Waals surface area contributed by atoms with Gasteiger partial charge in [-0.2, -0.15) is 0 Å². The molecule has 2 nitrogen and oxygen atoms in total. The molecule has 0 amide bonds. The molecule has 1 aliphatic rings. The van der Waals surface area contributed by atoms with Crippen molar-refractivity contribution in [3.8, 4) is 0 Å². The second-order valence-electron chi connectivity index (χ2n) is 5.65. The highest BCUT2D eigenvalue weighted by atomic mass is 16.3. The number of benzene rings is 2. The van der Waals surface area contributed by atoms with Gasteiger partial charge in [0.1, 0.15) is 0 Å². The van der Waals surface area contributed by atoms with Gasteiger partial charge in [0.15, 0.2) is 0 Å². The molecular weight excluding hydrogens is 246 g/mol. The number of hydrogen-bond donors (Lipinski definition) is 2. The summed E-state index contributed by atoms with van der Waals surface area (Å²) < 4.78 is 0. The first-order valence-electron chi connectivity index (χ1n) is 7.28. The van der Waals surface area contributed by atoms with Crippen LogP contribution < -0.4 is 5.32 Å². The second-order valence-corrected chi connectivity index (χ2v) is 5.65. The Hall–Kier alpha value is -1.64. The molecule has 3 rings (SSSR count). The molecular formula is C18H21NO. The third-order valence-electron chi connectivity index (χ3n) is 4.11. The van der Waals surface area contributed by atoms with Gasteiger partial charge in [0, 0.05) is 12.6 Å². The fraction of sp³-hybridized carbons (Fsp3) is 0.333. The fourth-order valence-corrected chi connectivity index (χ4v) is 3.01. The van der Waals surface area contributed by atoms with Crippen LogP contribution in [0.5, 0.6) is 0 Å². The molecule has 0 aliphatic heterocycles. The molecule has 1 unspecified atom stereocenters. The van der Waals surface area contributed by atoms with E-state index >= 15 is 0 Å². The molecule has 2 heteroatoms. The number of nitrogens with one attached hydrogen (secondary N) is 1. The van der Waals surface area contributed by atoms with Crippen molar-refractivity contribution in [1.82, 2.24) is 5.32 Å². The summed E-state index contributed by atoms with van der Waals surface area (Å²) in [6.45, 7) is 3.12. The standard InChI is InChI=1S/C18H21NO/c1-13-5-6-16-7-8-18(17(16)9-13)19-11-14-3-2-4-15(10-14)12-20/h2-6,9-10,18-20H,7-8,11-12H2,1H3. The molecule has 1 atom stereocenters. The summed E-state index contributed by atoms with van der Waals surface area (Å²) in [6, 6.07) is 15.4. The normalized spacial score (nSPS) is 17.2. The number of rotatable bonds is 4. The highest BCUT2D eigenvalue weighted by Gasteiger charge is 2.21. The molecule has 0 heterocycles. The van der Waals surface area contributed by atoms with Crippen molar-refractivity contribution in [2.75, 3.05) is 0 Å². The van der Waals surface area contributed by atoms with Crippen LogP contribution in [0.1, 0.15) is 40.3 Å². The fourth-order valence-electron chi connectivity index (χ4n) is 3.01. The summed E-state index contributed by atoms with van der Waals surface area (Å²) in [5.74, 6) is 0. The van der Waals surface area contributed by atoms with Crippen molar-refractivity contribution >= 4 is 0 Å². The number of hydrogen-bond acceptors (Lipinski definition) is 2. The van der Waals surface area contributed by atoms with Crippen LogP contribution in [0.25, 0.3) is 0 Å². The first-order chi connectivity index (χ1) is 9.76. The monoisotopic (exact) mass is 267 g/mol. The predicted octanol–water partition coefficient (Wildman–Crippen LogP) is 3.26. The lowest BCUT2D eigenvalue weighted by molar-refractivity contribution is 0.281. The summed E-state index contributed by atoms with van der Waals surface area (Å²) in [4.78, 5) is 0. The number of aliphatic hydroxyl groups is 1. The topological polar surface area (TPSA) is 32.3 Å². The van der Waals surface area contributed by atoms with E-state index in [0.29, 0.717) is 6.04 Å². The van der Waals surface area contributed by atoms with Crippen molar-refractivity contribution in [1.29, 1.82) is 0 Å². The van der Waals surface area contributed by atoms with E-state index < -0.39 is 0 Å². The van der Waals surface area contributed by atoms with Crippen LogP contribution in [0, 0.1) is 6.92 Å². The Morgan fingerprint density at radius 3 is 2.85 bits per heavy atom. The third-order valence-corrected chi connectivity index (χ3v) is 4.11. The highest BCUT2D eigenvalue weighted by molar-refractivity contribution is 5.37. The lowest BCUT2D eigenvalue weighted by atomic mass is 10.0. The summed E-state index contributed by atoms with van der Waals surface area (Å²) in [6.07, 6.45) is 2.35. The molecule has 0 radical (unpaired) electrons. The highest BCUT2D eigenvalue weighted by Crippen LogP contribution is 2.31. The molecule has 0 saturated heterocycles. The summed E-state index contributed by atoms with van der Waals surface area (Å²) in [5.41, 5.74) is 6.49. The van der Waals surface area contributed by atoms with Gasteiger partial charge in [0.25, 0.3) is 0 Å². The Labute approximate surface area is 120 Å². The molecule has 104 valence electrons. The molecule has 0 spiro atoms. The largest absolute Gasteiger partial charge is 0.392 e. The van der Waals surface area contributed by atoms with Crippen molar-refractivity contribution in [3.05, 3.63) is 70.3 Å². The summed E-state index contributed by atoms with van der Waals surface area (Å²) in [5, 5.41) is 12.8. The van der Waals surface area contributed by atoms with Gasteiger partial charge in [0.05, 0.1) is 6.61 Å². The first kappa shape index (κ1) is 13.3. The zero-order valence-electron chi connectivity index (χ0n) is 11.9. The van der Waals surface area contributed by atoms with Gasteiger partial charge in [0.2, 0.25) is 0 Å². The molecule has 2 aromatic carbocycles. The van der Waals surface area contributed by atoms with Crippen LogP contribution in [0.2, 0.25) is 0 Å². The summed E-state index contributed by atoms with van der Waals surface area (Å²) in [7, 11) is 0. The van der Waals surface area contributed by atoms with Crippen molar-refractivity contribution in [3.63, 3.8) is 0 Å². The van der Waals surface area contributed by atoms with E-state index in [9.17, 15) is 5.11 Å². The van der Waals surface area contributed by atoms with Crippen molar-refractivity contribution in [2.24, 2.45) is 0 Å². The molecule has 2 aromatic rings. The zero-order valence-corrected chi connectivity index (χ0v) is 11.9. The van der Waals surface area contributed by atoms with Crippen LogP contribution in [-0.4, -0.2) is 5.11 Å². The van der Waals surface area contributed by atoms with Gasteiger partial charge in [-0.25, -0.2) is 0 Å². The minimum Gasteiger partial charge on any atom is -0.392 e. The lowest BCUT2D eigenvalue weighted by Crippen LogP contribution is -2.18. The number of aliphatic hydroxyl groups excluding tert-OH is 1. The Bertz CT molecular complexity index is 606. The van der Waals surface area contributed by atoms with Gasteiger partial charge >= 0.3 is 0 Å². The van der Waals surface area contributed by atoms with E-state index in [-0.39, 0.29) is 6.61 Å². The SMILES string of the molecule is Cc1ccc2c(c1)C(NCc1cccc(CO)c1)CC2. The average molecular weight is 267 g/mol. The third kappa shape index (κ3) is 2.77. The van der Waals surface area contributed by atoms with Crippen LogP contribution in [0.15, 0.2) is 42.5 Å². The molecule has 1 aliphatic carbocycles. The van der Waals surface area contributed by atoms with Crippen molar-refractivity contribution < 1.29 is 5.11 Å². The first-order valence-corrected chi connectivity index (χ1v) is 7.28. The maximum absolute atomic E-state index is 9.18. The van der Waals surface area contributed by atoms with Crippen LogP contribution in [0.3, 0.4) is 0 Å². The van der Waals surface area contributed by atoms with Gasteiger partial charge in [-0.15, -0.1) is 0 Å².